The lowest BCUT2D eigenvalue weighted by atomic mass is 10.1. The third kappa shape index (κ3) is 3.82. The molecule has 1 fully saturated rings. The number of likely N-dealkylation sites (tertiary alicyclic amines) is 1. The molecule has 3 aromatic rings. The normalized spacial score (nSPS) is 16.2. The van der Waals surface area contributed by atoms with Gasteiger partial charge in [-0.3, -0.25) is 9.59 Å². The smallest absolute Gasteiger partial charge is 0.264 e. The molecule has 1 aliphatic heterocycles. The fourth-order valence-corrected chi connectivity index (χ4v) is 4.86. The molecule has 1 unspecified atom stereocenters. The number of thiophene rings is 1. The molecule has 4 rings (SSSR count). The van der Waals surface area contributed by atoms with Crippen LogP contribution in [-0.2, 0) is 7.05 Å². The number of anilines is 1. The molecule has 1 saturated heterocycles. The summed E-state index contributed by atoms with van der Waals surface area (Å²) in [6, 6.07) is 11.4. The standard InChI is InChI=1S/C22H22FN3O2S/c1-14-12-19(24-21(27)15-6-3-7-16(23)13-15)29-20(14)22(28)26-11-5-9-18(26)17-8-4-10-25(17)2/h3-4,6-8,10,12-13,18H,5,9,11H2,1-2H3,(H,24,27). The highest BCUT2D eigenvalue weighted by Crippen LogP contribution is 2.36. The van der Waals surface area contributed by atoms with Crippen molar-refractivity contribution in [1.29, 1.82) is 0 Å². The van der Waals surface area contributed by atoms with Gasteiger partial charge in [-0.2, -0.15) is 0 Å². The van der Waals surface area contributed by atoms with Gasteiger partial charge < -0.3 is 14.8 Å². The number of halogens is 1. The van der Waals surface area contributed by atoms with E-state index in [0.29, 0.717) is 9.88 Å². The van der Waals surface area contributed by atoms with Gasteiger partial charge >= 0.3 is 0 Å². The molecule has 5 nitrogen and oxygen atoms in total. The van der Waals surface area contributed by atoms with E-state index < -0.39 is 11.7 Å². The fourth-order valence-electron chi connectivity index (χ4n) is 3.84. The van der Waals surface area contributed by atoms with Crippen LogP contribution in [0.1, 0.15) is 50.2 Å². The van der Waals surface area contributed by atoms with Gasteiger partial charge in [-0.1, -0.05) is 6.07 Å². The molecule has 2 amide bonds. The minimum absolute atomic E-state index is 0.0116. The Bertz CT molecular complexity index is 1070. The SMILES string of the molecule is Cc1cc(NC(=O)c2cccc(F)c2)sc1C(=O)N1CCCC1c1cccn1C. The van der Waals surface area contributed by atoms with Crippen LogP contribution >= 0.6 is 11.3 Å². The second kappa shape index (κ2) is 7.83. The molecule has 2 aromatic heterocycles. The molecule has 29 heavy (non-hydrogen) atoms. The van der Waals surface area contributed by atoms with Gasteiger partial charge in [-0.05, 0) is 61.7 Å². The first-order chi connectivity index (χ1) is 13.9. The van der Waals surface area contributed by atoms with Crippen LogP contribution in [0.4, 0.5) is 9.39 Å². The highest BCUT2D eigenvalue weighted by molar-refractivity contribution is 7.18. The summed E-state index contributed by atoms with van der Waals surface area (Å²) in [5.41, 5.74) is 2.20. The summed E-state index contributed by atoms with van der Waals surface area (Å²) in [5, 5.41) is 3.36. The van der Waals surface area contributed by atoms with Gasteiger partial charge in [0.2, 0.25) is 0 Å². The number of hydrogen-bond donors (Lipinski definition) is 1. The molecule has 1 N–H and O–H groups in total. The third-order valence-electron chi connectivity index (χ3n) is 5.27. The number of rotatable bonds is 4. The Morgan fingerprint density at radius 2 is 2.03 bits per heavy atom. The molecule has 1 atom stereocenters. The molecular formula is C22H22FN3O2S. The van der Waals surface area contributed by atoms with Gasteiger partial charge in [0, 0.05) is 31.0 Å². The zero-order valence-electron chi connectivity index (χ0n) is 16.3. The number of nitrogens with one attached hydrogen (secondary N) is 1. The predicted octanol–water partition coefficient (Wildman–Crippen LogP) is 4.76. The van der Waals surface area contributed by atoms with Crippen LogP contribution < -0.4 is 5.32 Å². The Balaban J connectivity index is 1.53. The summed E-state index contributed by atoms with van der Waals surface area (Å²) in [5.74, 6) is -0.869. The molecule has 1 aromatic carbocycles. The third-order valence-corrected chi connectivity index (χ3v) is 6.42. The quantitative estimate of drug-likeness (QED) is 0.673. The molecule has 1 aliphatic rings. The molecule has 0 saturated carbocycles. The largest absolute Gasteiger partial charge is 0.353 e. The Kier molecular flexibility index (Phi) is 5.24. The van der Waals surface area contributed by atoms with Crippen molar-refractivity contribution in [2.75, 3.05) is 11.9 Å². The van der Waals surface area contributed by atoms with Gasteiger partial charge in [0.25, 0.3) is 11.8 Å². The van der Waals surface area contributed by atoms with E-state index in [9.17, 15) is 14.0 Å². The zero-order valence-corrected chi connectivity index (χ0v) is 17.1. The van der Waals surface area contributed by atoms with E-state index in [1.165, 1.54) is 29.5 Å². The lowest BCUT2D eigenvalue weighted by Crippen LogP contribution is -2.31. The number of aryl methyl sites for hydroxylation is 2. The molecule has 150 valence electrons. The number of hydrogen-bond acceptors (Lipinski definition) is 3. The first-order valence-electron chi connectivity index (χ1n) is 9.53. The maximum atomic E-state index is 13.4. The minimum Gasteiger partial charge on any atom is -0.353 e. The number of aromatic nitrogens is 1. The minimum atomic E-state index is -0.461. The average Bonchev–Trinajstić information content (AvgIpc) is 3.41. The predicted molar refractivity (Wildman–Crippen MR) is 112 cm³/mol. The Morgan fingerprint density at radius 1 is 1.21 bits per heavy atom. The van der Waals surface area contributed by atoms with Crippen LogP contribution in [0.5, 0.6) is 0 Å². The Hall–Kier alpha value is -2.93. The summed E-state index contributed by atoms with van der Waals surface area (Å²) in [4.78, 5) is 28.2. The van der Waals surface area contributed by atoms with Crippen LogP contribution in [0.3, 0.4) is 0 Å². The second-order valence-electron chi connectivity index (χ2n) is 7.29. The van der Waals surface area contributed by atoms with Crippen molar-refractivity contribution in [2.24, 2.45) is 7.05 Å². The summed E-state index contributed by atoms with van der Waals surface area (Å²) in [6.07, 6.45) is 3.90. The fraction of sp³-hybridized carbons (Fsp3) is 0.273. The molecule has 0 aliphatic carbocycles. The molecular weight excluding hydrogens is 389 g/mol. The topological polar surface area (TPSA) is 54.3 Å². The highest BCUT2D eigenvalue weighted by atomic mass is 32.1. The van der Waals surface area contributed by atoms with Crippen molar-refractivity contribution in [2.45, 2.75) is 25.8 Å². The zero-order chi connectivity index (χ0) is 20.5. The first kappa shape index (κ1) is 19.4. The van der Waals surface area contributed by atoms with Crippen molar-refractivity contribution in [3.8, 4) is 0 Å². The van der Waals surface area contributed by atoms with E-state index >= 15 is 0 Å². The van der Waals surface area contributed by atoms with E-state index in [1.54, 1.807) is 12.1 Å². The molecule has 0 spiro atoms. The molecule has 3 heterocycles. The van der Waals surface area contributed by atoms with Crippen LogP contribution in [0.25, 0.3) is 0 Å². The van der Waals surface area contributed by atoms with E-state index in [0.717, 1.165) is 30.6 Å². The van der Waals surface area contributed by atoms with E-state index in [4.69, 9.17) is 0 Å². The average molecular weight is 412 g/mol. The van der Waals surface area contributed by atoms with Gasteiger partial charge in [0.15, 0.2) is 0 Å². The van der Waals surface area contributed by atoms with Crippen molar-refractivity contribution in [1.82, 2.24) is 9.47 Å². The van der Waals surface area contributed by atoms with Crippen LogP contribution in [0, 0.1) is 12.7 Å². The van der Waals surface area contributed by atoms with E-state index in [-0.39, 0.29) is 17.5 Å². The Labute approximate surface area is 172 Å². The van der Waals surface area contributed by atoms with Gasteiger partial charge in [0.05, 0.1) is 15.9 Å². The van der Waals surface area contributed by atoms with E-state index in [1.807, 2.05) is 31.1 Å². The van der Waals surface area contributed by atoms with Gasteiger partial charge in [-0.25, -0.2) is 4.39 Å². The number of nitrogens with zero attached hydrogens (tertiary/aromatic N) is 2. The summed E-state index contributed by atoms with van der Waals surface area (Å²) in [6.45, 7) is 2.59. The van der Waals surface area contributed by atoms with Crippen LogP contribution in [0.15, 0.2) is 48.7 Å². The highest BCUT2D eigenvalue weighted by Gasteiger charge is 2.33. The molecule has 7 heteroatoms. The number of carbonyl (C=O) groups excluding carboxylic acids is 2. The number of carbonyl (C=O) groups is 2. The maximum absolute atomic E-state index is 13.4. The van der Waals surface area contributed by atoms with Crippen molar-refractivity contribution in [3.63, 3.8) is 0 Å². The lowest BCUT2D eigenvalue weighted by Gasteiger charge is -2.25. The van der Waals surface area contributed by atoms with Crippen molar-refractivity contribution >= 4 is 28.2 Å². The monoisotopic (exact) mass is 411 g/mol. The maximum Gasteiger partial charge on any atom is 0.264 e. The number of amides is 2. The Morgan fingerprint density at radius 3 is 2.76 bits per heavy atom. The van der Waals surface area contributed by atoms with Crippen molar-refractivity contribution in [3.05, 3.63) is 76.2 Å². The second-order valence-corrected chi connectivity index (χ2v) is 8.34. The van der Waals surface area contributed by atoms with Crippen molar-refractivity contribution < 1.29 is 14.0 Å². The summed E-state index contributed by atoms with van der Waals surface area (Å²) in [7, 11) is 1.99. The van der Waals surface area contributed by atoms with Gasteiger partial charge in [0.1, 0.15) is 5.82 Å². The molecule has 0 radical (unpaired) electrons. The van der Waals surface area contributed by atoms with Gasteiger partial charge in [-0.15, -0.1) is 11.3 Å². The lowest BCUT2D eigenvalue weighted by molar-refractivity contribution is 0.0735. The summed E-state index contributed by atoms with van der Waals surface area (Å²) >= 11 is 1.26. The van der Waals surface area contributed by atoms with Crippen LogP contribution in [0.2, 0.25) is 0 Å². The number of benzene rings is 1. The van der Waals surface area contributed by atoms with Crippen LogP contribution in [-0.4, -0.2) is 27.8 Å². The molecule has 0 bridgehead atoms. The summed E-state index contributed by atoms with van der Waals surface area (Å²) < 4.78 is 15.4. The first-order valence-corrected chi connectivity index (χ1v) is 10.4. The van der Waals surface area contributed by atoms with E-state index in [2.05, 4.69) is 16.0 Å².